The molecular weight excluding hydrogens is 214 g/mol. The van der Waals surface area contributed by atoms with Crippen LogP contribution in [-0.4, -0.2) is 11.7 Å². The summed E-state index contributed by atoms with van der Waals surface area (Å²) in [6.45, 7) is 1.91. The lowest BCUT2D eigenvalue weighted by molar-refractivity contribution is 0.254. The molecule has 1 atom stereocenters. The second-order valence-electron chi connectivity index (χ2n) is 3.48. The molecule has 2 aromatic rings. The summed E-state index contributed by atoms with van der Waals surface area (Å²) in [7, 11) is 0. The standard InChI is InChI=1S/C11H13NO2.ClH/c1-7-2-3-8-5-11(9(12)6-13)14-10(8)4-7;/h2-5,9,13H,6,12H2,1H3;1H/t9-;/m1./s1. The summed E-state index contributed by atoms with van der Waals surface area (Å²) in [6, 6.07) is 7.41. The molecule has 0 spiro atoms. The number of fused-ring (bicyclic) bond motifs is 1. The highest BCUT2D eigenvalue weighted by Crippen LogP contribution is 2.23. The first kappa shape index (κ1) is 12.0. The number of hydrogen-bond donors (Lipinski definition) is 2. The molecule has 0 saturated carbocycles. The summed E-state index contributed by atoms with van der Waals surface area (Å²) in [5.41, 5.74) is 7.62. The van der Waals surface area contributed by atoms with Gasteiger partial charge in [-0.05, 0) is 24.6 Å². The minimum absolute atomic E-state index is 0. The third-order valence-electron chi connectivity index (χ3n) is 2.26. The average Bonchev–Trinajstić information content (AvgIpc) is 2.59. The Morgan fingerprint density at radius 3 is 2.80 bits per heavy atom. The van der Waals surface area contributed by atoms with Crippen molar-refractivity contribution in [3.05, 3.63) is 35.6 Å². The number of halogens is 1. The largest absolute Gasteiger partial charge is 0.459 e. The molecule has 1 aromatic carbocycles. The number of aliphatic hydroxyl groups is 1. The van der Waals surface area contributed by atoms with Gasteiger partial charge in [0.1, 0.15) is 11.3 Å². The maximum absolute atomic E-state index is 8.88. The average molecular weight is 228 g/mol. The molecule has 1 heterocycles. The number of hydrogen-bond acceptors (Lipinski definition) is 3. The van der Waals surface area contributed by atoms with Crippen LogP contribution >= 0.6 is 12.4 Å². The lowest BCUT2D eigenvalue weighted by Gasteiger charge is -2.01. The molecule has 1 aromatic heterocycles. The lowest BCUT2D eigenvalue weighted by atomic mass is 10.2. The Kier molecular flexibility index (Phi) is 3.74. The van der Waals surface area contributed by atoms with Gasteiger partial charge in [0.2, 0.25) is 0 Å². The molecule has 15 heavy (non-hydrogen) atoms. The Morgan fingerprint density at radius 1 is 1.40 bits per heavy atom. The van der Waals surface area contributed by atoms with Gasteiger partial charge in [0.05, 0.1) is 12.6 Å². The normalized spacial score (nSPS) is 12.5. The van der Waals surface area contributed by atoms with Crippen molar-refractivity contribution in [1.82, 2.24) is 0 Å². The summed E-state index contributed by atoms with van der Waals surface area (Å²) in [4.78, 5) is 0. The predicted octanol–water partition coefficient (Wildman–Crippen LogP) is 2.16. The van der Waals surface area contributed by atoms with Crippen molar-refractivity contribution >= 4 is 23.4 Å². The second kappa shape index (κ2) is 4.66. The van der Waals surface area contributed by atoms with Gasteiger partial charge in [-0.15, -0.1) is 12.4 Å². The Balaban J connectivity index is 0.00000112. The Bertz CT molecular complexity index is 453. The van der Waals surface area contributed by atoms with Crippen molar-refractivity contribution in [3.63, 3.8) is 0 Å². The molecule has 4 heteroatoms. The Morgan fingerprint density at radius 2 is 2.13 bits per heavy atom. The van der Waals surface area contributed by atoms with Crippen molar-refractivity contribution in [2.24, 2.45) is 5.73 Å². The highest BCUT2D eigenvalue weighted by molar-refractivity contribution is 5.85. The molecule has 0 radical (unpaired) electrons. The number of benzene rings is 1. The van der Waals surface area contributed by atoms with Crippen LogP contribution < -0.4 is 5.73 Å². The van der Waals surface area contributed by atoms with E-state index in [1.165, 1.54) is 0 Å². The topological polar surface area (TPSA) is 59.4 Å². The highest BCUT2D eigenvalue weighted by Gasteiger charge is 2.10. The lowest BCUT2D eigenvalue weighted by Crippen LogP contribution is -2.13. The quantitative estimate of drug-likeness (QED) is 0.827. The summed E-state index contributed by atoms with van der Waals surface area (Å²) < 4.78 is 5.52. The zero-order valence-electron chi connectivity index (χ0n) is 8.43. The fraction of sp³-hybridized carbons (Fsp3) is 0.273. The number of furan rings is 1. The van der Waals surface area contributed by atoms with E-state index in [0.717, 1.165) is 16.5 Å². The van der Waals surface area contributed by atoms with E-state index >= 15 is 0 Å². The van der Waals surface area contributed by atoms with Gasteiger partial charge in [-0.1, -0.05) is 12.1 Å². The van der Waals surface area contributed by atoms with Crippen molar-refractivity contribution in [2.45, 2.75) is 13.0 Å². The van der Waals surface area contributed by atoms with E-state index in [4.69, 9.17) is 15.3 Å². The van der Waals surface area contributed by atoms with Crippen molar-refractivity contribution < 1.29 is 9.52 Å². The van der Waals surface area contributed by atoms with Crippen LogP contribution in [0, 0.1) is 6.92 Å². The Labute approximate surface area is 94.3 Å². The first-order chi connectivity index (χ1) is 6.70. The minimum Gasteiger partial charge on any atom is -0.459 e. The SMILES string of the molecule is Cc1ccc2cc([C@H](N)CO)oc2c1.Cl. The molecule has 0 saturated heterocycles. The van der Waals surface area contributed by atoms with Gasteiger partial charge < -0.3 is 15.3 Å². The smallest absolute Gasteiger partial charge is 0.134 e. The molecule has 0 unspecified atom stereocenters. The van der Waals surface area contributed by atoms with Crippen LogP contribution in [0.25, 0.3) is 11.0 Å². The van der Waals surface area contributed by atoms with E-state index in [1.807, 2.05) is 31.2 Å². The van der Waals surface area contributed by atoms with Crippen LogP contribution in [0.15, 0.2) is 28.7 Å². The highest BCUT2D eigenvalue weighted by atomic mass is 35.5. The van der Waals surface area contributed by atoms with Crippen LogP contribution in [0.4, 0.5) is 0 Å². The first-order valence-corrected chi connectivity index (χ1v) is 4.57. The van der Waals surface area contributed by atoms with Crippen molar-refractivity contribution in [1.29, 1.82) is 0 Å². The summed E-state index contributed by atoms with van der Waals surface area (Å²) in [5, 5.41) is 9.91. The molecule has 3 nitrogen and oxygen atoms in total. The van der Waals surface area contributed by atoms with Crippen LogP contribution in [0.3, 0.4) is 0 Å². The van der Waals surface area contributed by atoms with Crippen molar-refractivity contribution in [2.75, 3.05) is 6.61 Å². The number of rotatable bonds is 2. The predicted molar refractivity (Wildman–Crippen MR) is 62.2 cm³/mol. The van der Waals surface area contributed by atoms with E-state index in [-0.39, 0.29) is 19.0 Å². The van der Waals surface area contributed by atoms with Crippen LogP contribution in [0.2, 0.25) is 0 Å². The molecule has 0 aliphatic carbocycles. The maximum atomic E-state index is 8.88. The summed E-state index contributed by atoms with van der Waals surface area (Å²) >= 11 is 0. The molecule has 3 N–H and O–H groups in total. The van der Waals surface area contributed by atoms with E-state index < -0.39 is 6.04 Å². The molecule has 2 rings (SSSR count). The number of aliphatic hydroxyl groups excluding tert-OH is 1. The van der Waals surface area contributed by atoms with Gasteiger partial charge in [0.25, 0.3) is 0 Å². The molecule has 0 aliphatic heterocycles. The third-order valence-corrected chi connectivity index (χ3v) is 2.26. The molecule has 0 bridgehead atoms. The maximum Gasteiger partial charge on any atom is 0.134 e. The van der Waals surface area contributed by atoms with Gasteiger partial charge in [-0.3, -0.25) is 0 Å². The molecule has 82 valence electrons. The minimum atomic E-state index is -0.428. The van der Waals surface area contributed by atoms with Crippen LogP contribution in [0.5, 0.6) is 0 Å². The number of nitrogens with two attached hydrogens (primary N) is 1. The monoisotopic (exact) mass is 227 g/mol. The third kappa shape index (κ3) is 2.31. The van der Waals surface area contributed by atoms with Gasteiger partial charge in [0, 0.05) is 5.39 Å². The summed E-state index contributed by atoms with van der Waals surface area (Å²) in [5.74, 6) is 0.633. The zero-order chi connectivity index (χ0) is 10.1. The first-order valence-electron chi connectivity index (χ1n) is 4.57. The van der Waals surface area contributed by atoms with Gasteiger partial charge in [-0.25, -0.2) is 0 Å². The Hall–Kier alpha value is -1.03. The fourth-order valence-electron chi connectivity index (χ4n) is 1.43. The molecular formula is C11H14ClNO2. The zero-order valence-corrected chi connectivity index (χ0v) is 9.25. The summed E-state index contributed by atoms with van der Waals surface area (Å²) in [6.07, 6.45) is 0. The van der Waals surface area contributed by atoms with Gasteiger partial charge in [0.15, 0.2) is 0 Å². The van der Waals surface area contributed by atoms with Gasteiger partial charge >= 0.3 is 0 Å². The van der Waals surface area contributed by atoms with E-state index in [2.05, 4.69) is 0 Å². The second-order valence-corrected chi connectivity index (χ2v) is 3.48. The van der Waals surface area contributed by atoms with Crippen molar-refractivity contribution in [3.8, 4) is 0 Å². The van der Waals surface area contributed by atoms with E-state index in [9.17, 15) is 0 Å². The van der Waals surface area contributed by atoms with E-state index in [0.29, 0.717) is 5.76 Å². The van der Waals surface area contributed by atoms with Crippen LogP contribution in [-0.2, 0) is 0 Å². The number of aryl methyl sites for hydroxylation is 1. The van der Waals surface area contributed by atoms with Gasteiger partial charge in [-0.2, -0.15) is 0 Å². The van der Waals surface area contributed by atoms with Crippen LogP contribution in [0.1, 0.15) is 17.4 Å². The molecule has 0 amide bonds. The van der Waals surface area contributed by atoms with E-state index in [1.54, 1.807) is 0 Å². The molecule has 0 fully saturated rings. The molecule has 0 aliphatic rings. The fourth-order valence-corrected chi connectivity index (χ4v) is 1.43.